The Balaban J connectivity index is 1.75. The number of hydrogen-bond acceptors (Lipinski definition) is 3. The molecule has 3 heteroatoms. The number of ether oxygens (including phenoxy) is 1. The minimum absolute atomic E-state index is 0.202. The number of benzene rings is 1. The van der Waals surface area contributed by atoms with Gasteiger partial charge in [-0.3, -0.25) is 11.3 Å². The van der Waals surface area contributed by atoms with Crippen LogP contribution in [0.3, 0.4) is 0 Å². The lowest BCUT2D eigenvalue weighted by Gasteiger charge is -2.28. The van der Waals surface area contributed by atoms with Gasteiger partial charge in [0.25, 0.3) is 0 Å². The highest BCUT2D eigenvalue weighted by molar-refractivity contribution is 5.29. The van der Waals surface area contributed by atoms with Gasteiger partial charge in [-0.2, -0.15) is 0 Å². The Morgan fingerprint density at radius 2 is 1.95 bits per heavy atom. The highest BCUT2D eigenvalue weighted by Crippen LogP contribution is 2.38. The molecule has 0 amide bonds. The second kappa shape index (κ2) is 5.61. The van der Waals surface area contributed by atoms with Crippen molar-refractivity contribution in [3.05, 3.63) is 35.4 Å². The summed E-state index contributed by atoms with van der Waals surface area (Å²) >= 11 is 0. The van der Waals surface area contributed by atoms with Crippen LogP contribution in [0.2, 0.25) is 0 Å². The molecule has 1 aromatic rings. The van der Waals surface area contributed by atoms with Crippen molar-refractivity contribution in [2.24, 2.45) is 11.8 Å². The van der Waals surface area contributed by atoms with E-state index in [2.05, 4.69) is 36.6 Å². The molecule has 104 valence electrons. The van der Waals surface area contributed by atoms with Gasteiger partial charge in [0.05, 0.1) is 12.1 Å². The SMILES string of the molecule is CC1OCCC1C(NN)c1ccc(C2CCC2)cc1. The van der Waals surface area contributed by atoms with Crippen molar-refractivity contribution in [2.45, 2.75) is 50.7 Å². The maximum Gasteiger partial charge on any atom is 0.0594 e. The summed E-state index contributed by atoms with van der Waals surface area (Å²) in [6, 6.07) is 9.24. The predicted octanol–water partition coefficient (Wildman–Crippen LogP) is 2.88. The molecule has 2 fully saturated rings. The molecule has 1 saturated heterocycles. The van der Waals surface area contributed by atoms with E-state index in [-0.39, 0.29) is 12.1 Å². The summed E-state index contributed by atoms with van der Waals surface area (Å²) in [5.74, 6) is 7.05. The van der Waals surface area contributed by atoms with Crippen LogP contribution in [0.15, 0.2) is 24.3 Å². The molecule has 1 aliphatic carbocycles. The second-order valence-corrected chi connectivity index (χ2v) is 5.97. The van der Waals surface area contributed by atoms with E-state index in [4.69, 9.17) is 10.6 Å². The van der Waals surface area contributed by atoms with Crippen LogP contribution in [0.25, 0.3) is 0 Å². The zero-order chi connectivity index (χ0) is 13.2. The Bertz CT molecular complexity index is 413. The molecule has 0 bridgehead atoms. The third-order valence-corrected chi connectivity index (χ3v) is 4.91. The fourth-order valence-corrected chi connectivity index (χ4v) is 3.37. The first kappa shape index (κ1) is 13.1. The zero-order valence-electron chi connectivity index (χ0n) is 11.6. The van der Waals surface area contributed by atoms with E-state index >= 15 is 0 Å². The lowest BCUT2D eigenvalue weighted by atomic mass is 9.79. The lowest BCUT2D eigenvalue weighted by molar-refractivity contribution is 0.0954. The smallest absolute Gasteiger partial charge is 0.0594 e. The summed E-state index contributed by atoms with van der Waals surface area (Å²) in [5, 5.41) is 0. The van der Waals surface area contributed by atoms with E-state index in [1.807, 2.05) is 0 Å². The van der Waals surface area contributed by atoms with E-state index in [0.717, 1.165) is 18.9 Å². The topological polar surface area (TPSA) is 47.3 Å². The van der Waals surface area contributed by atoms with Gasteiger partial charge in [-0.05, 0) is 43.2 Å². The van der Waals surface area contributed by atoms with Crippen LogP contribution in [-0.4, -0.2) is 12.7 Å². The number of rotatable bonds is 4. The Labute approximate surface area is 115 Å². The third kappa shape index (κ3) is 2.55. The summed E-state index contributed by atoms with van der Waals surface area (Å²) in [5.41, 5.74) is 5.76. The first-order valence-corrected chi connectivity index (χ1v) is 7.47. The van der Waals surface area contributed by atoms with Crippen molar-refractivity contribution in [3.63, 3.8) is 0 Å². The number of nitrogens with one attached hydrogen (secondary N) is 1. The van der Waals surface area contributed by atoms with Crippen LogP contribution in [0.5, 0.6) is 0 Å². The molecule has 19 heavy (non-hydrogen) atoms. The van der Waals surface area contributed by atoms with E-state index in [9.17, 15) is 0 Å². The van der Waals surface area contributed by atoms with Crippen molar-refractivity contribution >= 4 is 0 Å². The number of hydrazine groups is 1. The molecular formula is C16H24N2O. The quantitative estimate of drug-likeness (QED) is 0.646. The van der Waals surface area contributed by atoms with Crippen LogP contribution in [0.1, 0.15) is 55.7 Å². The van der Waals surface area contributed by atoms with Crippen LogP contribution in [0.4, 0.5) is 0 Å². The van der Waals surface area contributed by atoms with Gasteiger partial charge in [-0.25, -0.2) is 0 Å². The lowest BCUT2D eigenvalue weighted by Crippen LogP contribution is -2.36. The molecule has 3 rings (SSSR count). The van der Waals surface area contributed by atoms with Gasteiger partial charge in [0.2, 0.25) is 0 Å². The molecule has 3 unspecified atom stereocenters. The Morgan fingerprint density at radius 1 is 1.21 bits per heavy atom. The van der Waals surface area contributed by atoms with Gasteiger partial charge in [0.15, 0.2) is 0 Å². The Morgan fingerprint density at radius 3 is 2.42 bits per heavy atom. The highest BCUT2D eigenvalue weighted by atomic mass is 16.5. The highest BCUT2D eigenvalue weighted by Gasteiger charge is 2.32. The maximum atomic E-state index is 5.78. The molecule has 1 aromatic carbocycles. The number of nitrogens with two attached hydrogens (primary N) is 1. The van der Waals surface area contributed by atoms with Gasteiger partial charge in [0.1, 0.15) is 0 Å². The van der Waals surface area contributed by atoms with Crippen LogP contribution >= 0.6 is 0 Å². The molecule has 1 aliphatic heterocycles. The molecule has 1 heterocycles. The summed E-state index contributed by atoms with van der Waals surface area (Å²) in [6.45, 7) is 2.99. The van der Waals surface area contributed by atoms with Crippen molar-refractivity contribution in [1.29, 1.82) is 0 Å². The monoisotopic (exact) mass is 260 g/mol. The van der Waals surface area contributed by atoms with E-state index in [1.165, 1.54) is 30.4 Å². The summed E-state index contributed by atoms with van der Waals surface area (Å²) in [4.78, 5) is 0. The average molecular weight is 260 g/mol. The molecule has 0 aromatic heterocycles. The van der Waals surface area contributed by atoms with Gasteiger partial charge in [-0.1, -0.05) is 30.7 Å². The fourth-order valence-electron chi connectivity index (χ4n) is 3.37. The van der Waals surface area contributed by atoms with Crippen molar-refractivity contribution < 1.29 is 4.74 Å². The van der Waals surface area contributed by atoms with Gasteiger partial charge < -0.3 is 4.74 Å². The summed E-state index contributed by atoms with van der Waals surface area (Å²) in [7, 11) is 0. The molecular weight excluding hydrogens is 236 g/mol. The Hall–Kier alpha value is -0.900. The van der Waals surface area contributed by atoms with E-state index in [0.29, 0.717) is 5.92 Å². The fraction of sp³-hybridized carbons (Fsp3) is 0.625. The second-order valence-electron chi connectivity index (χ2n) is 5.97. The normalized spacial score (nSPS) is 29.2. The average Bonchev–Trinajstić information content (AvgIpc) is 2.77. The minimum Gasteiger partial charge on any atom is -0.378 e. The molecule has 2 aliphatic rings. The predicted molar refractivity (Wildman–Crippen MR) is 76.6 cm³/mol. The molecule has 3 N–H and O–H groups in total. The standard InChI is InChI=1S/C16H24N2O/c1-11-15(9-10-19-11)16(18-17)14-7-5-13(6-8-14)12-3-2-4-12/h5-8,11-12,15-16,18H,2-4,9-10,17H2,1H3. The molecule has 0 spiro atoms. The van der Waals surface area contributed by atoms with Gasteiger partial charge >= 0.3 is 0 Å². The maximum absolute atomic E-state index is 5.78. The minimum atomic E-state index is 0.202. The van der Waals surface area contributed by atoms with Crippen LogP contribution in [0, 0.1) is 5.92 Å². The van der Waals surface area contributed by atoms with Crippen molar-refractivity contribution in [1.82, 2.24) is 5.43 Å². The summed E-state index contributed by atoms with van der Waals surface area (Å²) < 4.78 is 5.66. The molecule has 1 saturated carbocycles. The zero-order valence-corrected chi connectivity index (χ0v) is 11.6. The molecule has 3 nitrogen and oxygen atoms in total. The first-order chi connectivity index (χ1) is 9.29. The van der Waals surface area contributed by atoms with Crippen LogP contribution < -0.4 is 11.3 Å². The Kier molecular flexibility index (Phi) is 3.87. The van der Waals surface area contributed by atoms with Gasteiger partial charge in [0, 0.05) is 12.5 Å². The molecule has 3 atom stereocenters. The van der Waals surface area contributed by atoms with Gasteiger partial charge in [-0.15, -0.1) is 0 Å². The van der Waals surface area contributed by atoms with E-state index in [1.54, 1.807) is 0 Å². The largest absolute Gasteiger partial charge is 0.378 e. The first-order valence-electron chi connectivity index (χ1n) is 7.47. The van der Waals surface area contributed by atoms with Crippen molar-refractivity contribution in [3.8, 4) is 0 Å². The third-order valence-electron chi connectivity index (χ3n) is 4.91. The van der Waals surface area contributed by atoms with Crippen LogP contribution in [-0.2, 0) is 4.74 Å². The summed E-state index contributed by atoms with van der Waals surface area (Å²) in [6.07, 6.45) is 5.46. The van der Waals surface area contributed by atoms with Crippen molar-refractivity contribution in [2.75, 3.05) is 6.61 Å². The molecule has 0 radical (unpaired) electrons. The van der Waals surface area contributed by atoms with E-state index < -0.39 is 0 Å². The number of hydrogen-bond donors (Lipinski definition) is 2.